The highest BCUT2D eigenvalue weighted by Gasteiger charge is 2.47. The minimum Gasteiger partial charge on any atom is -0.480 e. The molecule has 0 aliphatic carbocycles. The quantitative estimate of drug-likeness (QED) is 0.324. The molecule has 1 saturated heterocycles. The smallest absolute Gasteiger partial charge is 0.322 e. The lowest BCUT2D eigenvalue weighted by molar-refractivity contribution is -0.141. The number of hydrogen-bond acceptors (Lipinski definition) is 7. The molecule has 0 radical (unpaired) electrons. The van der Waals surface area contributed by atoms with E-state index in [0.29, 0.717) is 11.1 Å². The number of sulfonamides is 1. The zero-order valence-electron chi connectivity index (χ0n) is 19.9. The lowest BCUT2D eigenvalue weighted by Crippen LogP contribution is -2.42. The Bertz CT molecular complexity index is 1270. The second-order valence-electron chi connectivity index (χ2n) is 9.53. The van der Waals surface area contributed by atoms with E-state index < -0.39 is 45.1 Å². The number of aromatic nitrogens is 2. The number of hydrogen-bond donors (Lipinski definition) is 4. The molecule has 0 amide bonds. The van der Waals surface area contributed by atoms with Crippen LogP contribution in [0.15, 0.2) is 24.3 Å². The minimum atomic E-state index is -3.86. The van der Waals surface area contributed by atoms with Crippen molar-refractivity contribution in [2.75, 3.05) is 18.1 Å². The Kier molecular flexibility index (Phi) is 7.04. The van der Waals surface area contributed by atoms with Crippen LogP contribution in [-0.2, 0) is 21.4 Å². The van der Waals surface area contributed by atoms with Crippen molar-refractivity contribution >= 4 is 33.6 Å². The number of nitrogen functional groups attached to an aromatic ring is 1. The fourth-order valence-corrected chi connectivity index (χ4v) is 5.06. The predicted molar refractivity (Wildman–Crippen MR) is 127 cm³/mol. The number of benzene rings is 1. The summed E-state index contributed by atoms with van der Waals surface area (Å²) in [5.74, 6) is -4.27. The molecule has 13 heteroatoms. The Morgan fingerprint density at radius 2 is 1.89 bits per heavy atom. The molecule has 190 valence electrons. The van der Waals surface area contributed by atoms with Gasteiger partial charge < -0.3 is 16.2 Å². The zero-order valence-corrected chi connectivity index (χ0v) is 20.7. The average molecular weight is 509 g/mol. The van der Waals surface area contributed by atoms with Crippen LogP contribution in [0.1, 0.15) is 54.7 Å². The van der Waals surface area contributed by atoms with Crippen LogP contribution >= 0.6 is 0 Å². The number of aliphatic carboxylic acids is 1. The molecule has 1 aliphatic rings. The second kappa shape index (κ2) is 9.38. The number of carbonyl (C=O) groups excluding carboxylic acids is 1. The van der Waals surface area contributed by atoms with Crippen LogP contribution in [0, 0.1) is 16.6 Å². The second-order valence-corrected chi connectivity index (χ2v) is 11.5. The third-order valence-corrected chi connectivity index (χ3v) is 7.05. The minimum absolute atomic E-state index is 0.0353. The third-order valence-electron chi connectivity index (χ3n) is 5.79. The third kappa shape index (κ3) is 5.35. The largest absolute Gasteiger partial charge is 0.480 e. The first-order valence-corrected chi connectivity index (χ1v) is 12.7. The van der Waals surface area contributed by atoms with E-state index in [-0.39, 0.29) is 36.9 Å². The van der Waals surface area contributed by atoms with Crippen LogP contribution in [0.4, 0.5) is 10.2 Å². The van der Waals surface area contributed by atoms with E-state index in [1.165, 1.54) is 0 Å². The van der Waals surface area contributed by atoms with Crippen molar-refractivity contribution in [2.24, 2.45) is 11.1 Å². The Hall–Kier alpha value is -3.32. The van der Waals surface area contributed by atoms with Gasteiger partial charge in [-0.3, -0.25) is 15.0 Å². The van der Waals surface area contributed by atoms with Crippen LogP contribution in [0.5, 0.6) is 0 Å². The highest BCUT2D eigenvalue weighted by molar-refractivity contribution is 7.88. The maximum absolute atomic E-state index is 15.7. The van der Waals surface area contributed by atoms with E-state index in [1.54, 1.807) is 45.0 Å². The molecular weight excluding hydrogens is 479 g/mol. The molecule has 1 aliphatic heterocycles. The number of carbonyl (C=O) groups is 2. The molecule has 2 atom stereocenters. The van der Waals surface area contributed by atoms with Crippen molar-refractivity contribution in [3.05, 3.63) is 46.9 Å². The molecule has 5 N–H and O–H groups in total. The lowest BCUT2D eigenvalue weighted by atomic mass is 9.96. The van der Waals surface area contributed by atoms with Gasteiger partial charge in [-0.1, -0.05) is 45.0 Å². The number of amidine groups is 1. The molecule has 3 rings (SSSR count). The summed E-state index contributed by atoms with van der Waals surface area (Å²) in [4.78, 5) is 25.0. The maximum Gasteiger partial charge on any atom is 0.322 e. The first kappa shape index (κ1) is 26.3. The van der Waals surface area contributed by atoms with Gasteiger partial charge in [0.05, 0.1) is 6.26 Å². The normalized spacial score (nSPS) is 19.0. The van der Waals surface area contributed by atoms with Crippen LogP contribution < -0.4 is 11.1 Å². The number of nitrogens with two attached hydrogens (primary N) is 1. The van der Waals surface area contributed by atoms with Crippen LogP contribution in [0.25, 0.3) is 0 Å². The molecule has 2 unspecified atom stereocenters. The monoisotopic (exact) mass is 508 g/mol. The number of anilines is 1. The molecule has 35 heavy (non-hydrogen) atoms. The molecule has 0 spiro atoms. The number of nitrogens with one attached hydrogen (secondary N) is 2. The summed E-state index contributed by atoms with van der Waals surface area (Å²) in [6.45, 7) is 4.91. The van der Waals surface area contributed by atoms with Crippen LogP contribution in [-0.4, -0.2) is 64.2 Å². The average Bonchev–Trinajstić information content (AvgIpc) is 3.33. The fourth-order valence-electron chi connectivity index (χ4n) is 3.98. The van der Waals surface area contributed by atoms with Crippen molar-refractivity contribution in [3.8, 4) is 0 Å². The summed E-state index contributed by atoms with van der Waals surface area (Å²) in [5, 5.41) is 24.2. The lowest BCUT2D eigenvalue weighted by Gasteiger charge is -2.21. The van der Waals surface area contributed by atoms with Gasteiger partial charge in [0.15, 0.2) is 11.6 Å². The number of carboxylic acids is 1. The van der Waals surface area contributed by atoms with Gasteiger partial charge in [0.25, 0.3) is 5.91 Å². The van der Waals surface area contributed by atoms with E-state index in [4.69, 9.17) is 11.1 Å². The van der Waals surface area contributed by atoms with Crippen molar-refractivity contribution in [1.29, 1.82) is 5.41 Å². The first-order chi connectivity index (χ1) is 16.1. The molecule has 2 heterocycles. The van der Waals surface area contributed by atoms with Gasteiger partial charge >= 0.3 is 5.97 Å². The molecule has 1 fully saturated rings. The molecule has 0 saturated carbocycles. The summed E-state index contributed by atoms with van der Waals surface area (Å²) >= 11 is 0. The van der Waals surface area contributed by atoms with Crippen molar-refractivity contribution in [3.63, 3.8) is 0 Å². The van der Waals surface area contributed by atoms with Crippen LogP contribution in [0.2, 0.25) is 0 Å². The van der Waals surface area contributed by atoms with E-state index >= 15 is 4.39 Å². The maximum atomic E-state index is 15.7. The van der Waals surface area contributed by atoms with E-state index in [1.807, 2.05) is 0 Å². The SMILES string of the molecule is CC(C)(C)C(=O)n1nc(C2CCN(S(C)(=O)=O)C2C(=O)O)c(F)c1NCc1ccc(C(=N)N)cc1. The van der Waals surface area contributed by atoms with Gasteiger partial charge in [0.1, 0.15) is 17.6 Å². The number of halogens is 1. The molecule has 2 aromatic rings. The standard InChI is InChI=1S/C22H29FN6O5S/c1-22(2,3)21(32)29-19(26-11-12-5-7-13(8-6-12)18(24)25)15(23)16(27-29)14-9-10-28(35(4,33)34)17(14)20(30)31/h5-8,14,17,26H,9-11H2,1-4H3,(H3,24,25)(H,30,31). The molecule has 0 bridgehead atoms. The summed E-state index contributed by atoms with van der Waals surface area (Å²) < 4.78 is 41.6. The highest BCUT2D eigenvalue weighted by Crippen LogP contribution is 2.38. The molecule has 1 aromatic carbocycles. The zero-order chi connectivity index (χ0) is 26.3. The van der Waals surface area contributed by atoms with Gasteiger partial charge in [-0.25, -0.2) is 12.8 Å². The van der Waals surface area contributed by atoms with Gasteiger partial charge in [-0.2, -0.15) is 14.1 Å². The van der Waals surface area contributed by atoms with Crippen molar-refractivity contribution < 1.29 is 27.5 Å². The molecular formula is C22H29FN6O5S. The molecule has 1 aromatic heterocycles. The van der Waals surface area contributed by atoms with Crippen molar-refractivity contribution in [2.45, 2.75) is 45.7 Å². The predicted octanol–water partition coefficient (Wildman–Crippen LogP) is 1.81. The first-order valence-electron chi connectivity index (χ1n) is 10.8. The van der Waals surface area contributed by atoms with E-state index in [9.17, 15) is 23.1 Å². The summed E-state index contributed by atoms with van der Waals surface area (Å²) in [6.07, 6.45) is 0.932. The summed E-state index contributed by atoms with van der Waals surface area (Å²) in [7, 11) is -3.86. The Balaban J connectivity index is 2.02. The Labute approximate surface area is 202 Å². The summed E-state index contributed by atoms with van der Waals surface area (Å²) in [6, 6.07) is 5.11. The topological polar surface area (TPSA) is 171 Å². The van der Waals surface area contributed by atoms with E-state index in [2.05, 4.69) is 10.4 Å². The van der Waals surface area contributed by atoms with Crippen LogP contribution in [0.3, 0.4) is 0 Å². The number of carboxylic acid groups (broad SMARTS) is 1. The Morgan fingerprint density at radius 1 is 1.29 bits per heavy atom. The molecule has 11 nitrogen and oxygen atoms in total. The van der Waals surface area contributed by atoms with E-state index in [0.717, 1.165) is 15.2 Å². The number of nitrogens with zero attached hydrogens (tertiary/aromatic N) is 3. The Morgan fingerprint density at radius 3 is 2.37 bits per heavy atom. The fraction of sp³-hybridized carbons (Fsp3) is 0.455. The van der Waals surface area contributed by atoms with Gasteiger partial charge in [0, 0.05) is 30.0 Å². The van der Waals surface area contributed by atoms with Crippen molar-refractivity contribution in [1.82, 2.24) is 14.1 Å². The summed E-state index contributed by atoms with van der Waals surface area (Å²) in [5.41, 5.74) is 5.47. The highest BCUT2D eigenvalue weighted by atomic mass is 32.2. The number of rotatable bonds is 7. The van der Waals surface area contributed by atoms with Gasteiger partial charge in [-0.15, -0.1) is 0 Å². The van der Waals surface area contributed by atoms with Gasteiger partial charge in [-0.05, 0) is 12.0 Å². The van der Waals surface area contributed by atoms with Gasteiger partial charge in [0.2, 0.25) is 10.0 Å².